The summed E-state index contributed by atoms with van der Waals surface area (Å²) in [6, 6.07) is 7.41. The lowest BCUT2D eigenvalue weighted by molar-refractivity contribution is 0.444. The number of nitrogens with zero attached hydrogens (tertiary/aromatic N) is 1. The minimum atomic E-state index is -3.38. The van der Waals surface area contributed by atoms with E-state index in [-0.39, 0.29) is 6.04 Å². The van der Waals surface area contributed by atoms with E-state index >= 15 is 0 Å². The molecule has 0 spiro atoms. The summed E-state index contributed by atoms with van der Waals surface area (Å²) >= 11 is 0. The van der Waals surface area contributed by atoms with E-state index in [2.05, 4.69) is 12.2 Å². The molecular formula is C16H26N2O2S. The standard InChI is InChI=1S/C16H26N2O2S/c1-5-17-13(3)14-7-6-8-16(10-14)21(19,20)18(4)11-15-9-12(15)2/h6-8,10,12-13,15,17H,5,9,11H2,1-4H3. The molecule has 0 saturated heterocycles. The van der Waals surface area contributed by atoms with Gasteiger partial charge in [-0.2, -0.15) is 0 Å². The van der Waals surface area contributed by atoms with Gasteiger partial charge in [0.05, 0.1) is 4.90 Å². The maximum Gasteiger partial charge on any atom is 0.242 e. The first kappa shape index (κ1) is 16.5. The van der Waals surface area contributed by atoms with E-state index in [4.69, 9.17) is 0 Å². The Labute approximate surface area is 128 Å². The van der Waals surface area contributed by atoms with Gasteiger partial charge in [0.2, 0.25) is 10.0 Å². The quantitative estimate of drug-likeness (QED) is 0.842. The Balaban J connectivity index is 2.17. The molecule has 2 rings (SSSR count). The molecular weight excluding hydrogens is 284 g/mol. The lowest BCUT2D eigenvalue weighted by Crippen LogP contribution is -2.29. The van der Waals surface area contributed by atoms with Gasteiger partial charge in [-0.05, 0) is 49.4 Å². The van der Waals surface area contributed by atoms with Crippen molar-refractivity contribution >= 4 is 10.0 Å². The van der Waals surface area contributed by atoms with Crippen LogP contribution < -0.4 is 5.32 Å². The molecule has 1 fully saturated rings. The highest BCUT2D eigenvalue weighted by atomic mass is 32.2. The number of sulfonamides is 1. The topological polar surface area (TPSA) is 49.4 Å². The first-order valence-electron chi connectivity index (χ1n) is 7.66. The van der Waals surface area contributed by atoms with Crippen molar-refractivity contribution in [3.05, 3.63) is 29.8 Å². The lowest BCUT2D eigenvalue weighted by Gasteiger charge is -2.19. The van der Waals surface area contributed by atoms with E-state index in [1.165, 1.54) is 4.31 Å². The van der Waals surface area contributed by atoms with Gasteiger partial charge in [-0.1, -0.05) is 26.0 Å². The van der Waals surface area contributed by atoms with Crippen LogP contribution in [-0.4, -0.2) is 32.9 Å². The summed E-state index contributed by atoms with van der Waals surface area (Å²) in [7, 11) is -1.70. The molecule has 1 saturated carbocycles. The predicted molar refractivity (Wildman–Crippen MR) is 85.6 cm³/mol. The van der Waals surface area contributed by atoms with E-state index in [1.807, 2.05) is 26.0 Å². The molecule has 1 aromatic rings. The van der Waals surface area contributed by atoms with Gasteiger partial charge in [-0.3, -0.25) is 0 Å². The Kier molecular flexibility index (Phi) is 5.07. The zero-order chi connectivity index (χ0) is 15.6. The van der Waals surface area contributed by atoms with Crippen LogP contribution in [0.3, 0.4) is 0 Å². The highest BCUT2D eigenvalue weighted by Crippen LogP contribution is 2.38. The monoisotopic (exact) mass is 310 g/mol. The zero-order valence-corrected chi connectivity index (χ0v) is 14.2. The summed E-state index contributed by atoms with van der Waals surface area (Å²) in [5.74, 6) is 1.18. The third kappa shape index (κ3) is 3.84. The van der Waals surface area contributed by atoms with Crippen LogP contribution in [0.1, 0.15) is 38.8 Å². The molecule has 4 nitrogen and oxygen atoms in total. The fourth-order valence-corrected chi connectivity index (χ4v) is 3.91. The van der Waals surface area contributed by atoms with Crippen LogP contribution in [0.5, 0.6) is 0 Å². The first-order valence-corrected chi connectivity index (χ1v) is 9.10. The second kappa shape index (κ2) is 6.46. The summed E-state index contributed by atoms with van der Waals surface area (Å²) in [4.78, 5) is 0.389. The van der Waals surface area contributed by atoms with Gasteiger partial charge in [0.15, 0.2) is 0 Å². The normalized spacial score (nSPS) is 23.3. The Morgan fingerprint density at radius 3 is 2.67 bits per heavy atom. The predicted octanol–water partition coefficient (Wildman–Crippen LogP) is 2.63. The molecule has 1 aliphatic carbocycles. The third-order valence-electron chi connectivity index (χ3n) is 4.34. The van der Waals surface area contributed by atoms with Crippen LogP contribution in [0.15, 0.2) is 29.2 Å². The molecule has 118 valence electrons. The van der Waals surface area contributed by atoms with Gasteiger partial charge >= 0.3 is 0 Å². The van der Waals surface area contributed by atoms with Crippen molar-refractivity contribution in [2.75, 3.05) is 20.1 Å². The SMILES string of the molecule is CCNC(C)c1cccc(S(=O)(=O)N(C)CC2CC2C)c1. The van der Waals surface area contributed by atoms with Gasteiger partial charge in [0.1, 0.15) is 0 Å². The number of benzene rings is 1. The summed E-state index contributed by atoms with van der Waals surface area (Å²) in [6.45, 7) is 7.74. The van der Waals surface area contributed by atoms with Crippen molar-refractivity contribution in [1.82, 2.24) is 9.62 Å². The summed E-state index contributed by atoms with van der Waals surface area (Å²) < 4.78 is 26.8. The maximum absolute atomic E-state index is 12.6. The molecule has 0 heterocycles. The van der Waals surface area contributed by atoms with Gasteiger partial charge in [0, 0.05) is 19.6 Å². The second-order valence-electron chi connectivity index (χ2n) is 6.11. The summed E-state index contributed by atoms with van der Waals surface area (Å²) in [6.07, 6.45) is 1.14. The molecule has 3 atom stereocenters. The van der Waals surface area contributed by atoms with Crippen molar-refractivity contribution in [2.24, 2.45) is 11.8 Å². The zero-order valence-electron chi connectivity index (χ0n) is 13.3. The van der Waals surface area contributed by atoms with Crippen LogP contribution in [0.25, 0.3) is 0 Å². The van der Waals surface area contributed by atoms with E-state index in [0.29, 0.717) is 23.3 Å². The minimum absolute atomic E-state index is 0.152. The minimum Gasteiger partial charge on any atom is -0.310 e. The fourth-order valence-electron chi connectivity index (χ4n) is 2.63. The van der Waals surface area contributed by atoms with Gasteiger partial charge in [0.25, 0.3) is 0 Å². The average Bonchev–Trinajstić information content (AvgIpc) is 3.14. The fraction of sp³-hybridized carbons (Fsp3) is 0.625. The van der Waals surface area contributed by atoms with Gasteiger partial charge in [-0.25, -0.2) is 12.7 Å². The molecule has 0 radical (unpaired) electrons. The Morgan fingerprint density at radius 2 is 2.10 bits per heavy atom. The lowest BCUT2D eigenvalue weighted by atomic mass is 10.1. The highest BCUT2D eigenvalue weighted by Gasteiger charge is 2.36. The molecule has 0 aliphatic heterocycles. The van der Waals surface area contributed by atoms with Crippen molar-refractivity contribution in [2.45, 2.75) is 38.1 Å². The molecule has 0 amide bonds. The Bertz CT molecular complexity index is 586. The van der Waals surface area contributed by atoms with Crippen LogP contribution in [0.2, 0.25) is 0 Å². The molecule has 1 N–H and O–H groups in total. The summed E-state index contributed by atoms with van der Waals surface area (Å²) in [5.41, 5.74) is 1.01. The van der Waals surface area contributed by atoms with Gasteiger partial charge < -0.3 is 5.32 Å². The Hall–Kier alpha value is -0.910. The smallest absolute Gasteiger partial charge is 0.242 e. The van der Waals surface area contributed by atoms with Crippen molar-refractivity contribution in [3.8, 4) is 0 Å². The molecule has 1 aromatic carbocycles. The van der Waals surface area contributed by atoms with Crippen LogP contribution in [0, 0.1) is 11.8 Å². The van der Waals surface area contributed by atoms with Crippen molar-refractivity contribution in [3.63, 3.8) is 0 Å². The number of nitrogens with one attached hydrogen (secondary N) is 1. The molecule has 0 bridgehead atoms. The Morgan fingerprint density at radius 1 is 1.43 bits per heavy atom. The van der Waals surface area contributed by atoms with E-state index in [0.717, 1.165) is 18.5 Å². The van der Waals surface area contributed by atoms with Gasteiger partial charge in [-0.15, -0.1) is 0 Å². The molecule has 0 aromatic heterocycles. The molecule has 1 aliphatic rings. The molecule has 3 unspecified atom stereocenters. The average molecular weight is 310 g/mol. The van der Waals surface area contributed by atoms with Crippen LogP contribution >= 0.6 is 0 Å². The van der Waals surface area contributed by atoms with Crippen molar-refractivity contribution < 1.29 is 8.42 Å². The third-order valence-corrected chi connectivity index (χ3v) is 6.16. The molecule has 21 heavy (non-hydrogen) atoms. The van der Waals surface area contributed by atoms with E-state index in [1.54, 1.807) is 19.2 Å². The first-order chi connectivity index (χ1) is 9.86. The van der Waals surface area contributed by atoms with E-state index < -0.39 is 10.0 Å². The maximum atomic E-state index is 12.6. The largest absolute Gasteiger partial charge is 0.310 e. The van der Waals surface area contributed by atoms with E-state index in [9.17, 15) is 8.42 Å². The molecule has 5 heteroatoms. The summed E-state index contributed by atoms with van der Waals surface area (Å²) in [5, 5.41) is 3.31. The number of hydrogen-bond donors (Lipinski definition) is 1. The van der Waals surface area contributed by atoms with Crippen LogP contribution in [-0.2, 0) is 10.0 Å². The number of rotatable bonds is 7. The second-order valence-corrected chi connectivity index (χ2v) is 8.16. The van der Waals surface area contributed by atoms with Crippen molar-refractivity contribution in [1.29, 1.82) is 0 Å². The highest BCUT2D eigenvalue weighted by molar-refractivity contribution is 7.89. The number of hydrogen-bond acceptors (Lipinski definition) is 3. The van der Waals surface area contributed by atoms with Crippen LogP contribution in [0.4, 0.5) is 0 Å².